The molecule has 5 nitrogen and oxygen atoms in total. The molecule has 30 heavy (non-hydrogen) atoms. The molecule has 1 atom stereocenters. The first-order valence-electron chi connectivity index (χ1n) is 10.1. The number of anilines is 2. The van der Waals surface area contributed by atoms with Crippen LogP contribution in [0.4, 0.5) is 11.4 Å². The summed E-state index contributed by atoms with van der Waals surface area (Å²) >= 11 is 0. The van der Waals surface area contributed by atoms with Crippen LogP contribution in [0.15, 0.2) is 60.8 Å². The van der Waals surface area contributed by atoms with E-state index in [4.69, 9.17) is 0 Å². The van der Waals surface area contributed by atoms with E-state index in [9.17, 15) is 9.59 Å². The largest absolute Gasteiger partial charge is 0.323 e. The summed E-state index contributed by atoms with van der Waals surface area (Å²) in [6.07, 6.45) is 1.85. The van der Waals surface area contributed by atoms with Crippen LogP contribution in [0.3, 0.4) is 0 Å². The third-order valence-corrected chi connectivity index (χ3v) is 5.69. The van der Waals surface area contributed by atoms with E-state index in [2.05, 4.69) is 5.32 Å². The van der Waals surface area contributed by atoms with E-state index < -0.39 is 6.04 Å². The van der Waals surface area contributed by atoms with Gasteiger partial charge in [0.2, 0.25) is 18.3 Å². The second-order valence-corrected chi connectivity index (χ2v) is 7.97. The lowest BCUT2D eigenvalue weighted by Crippen LogP contribution is -2.58. The maximum atomic E-state index is 13.6. The fraction of sp³-hybridized carbons (Fsp3) is 0.240. The molecule has 4 rings (SSSR count). The zero-order valence-corrected chi connectivity index (χ0v) is 17.8. The molecule has 0 bridgehead atoms. The van der Waals surface area contributed by atoms with Crippen LogP contribution >= 0.6 is 0 Å². The van der Waals surface area contributed by atoms with Crippen molar-refractivity contribution in [2.75, 3.05) is 10.2 Å². The monoisotopic (exact) mass is 400 g/mol. The van der Waals surface area contributed by atoms with Crippen LogP contribution in [0.2, 0.25) is 0 Å². The number of nitrogens with one attached hydrogen (secondary N) is 1. The molecule has 1 aliphatic rings. The standard InChI is InChI=1S/C25H25N3O2/c1-16-11-12-17(2)21(14-16)28-22(29)15-27-13-6-5-10-20(27)24(28)25(30)26-23-18(3)8-7-9-19(23)4/h5-14,24H,15H2,1-4H3/p+1. The van der Waals surface area contributed by atoms with Gasteiger partial charge in [0.05, 0.1) is 0 Å². The summed E-state index contributed by atoms with van der Waals surface area (Å²) in [5.74, 6) is -0.324. The zero-order valence-electron chi connectivity index (χ0n) is 17.8. The number of hydrogen-bond donors (Lipinski definition) is 1. The van der Waals surface area contributed by atoms with Gasteiger partial charge in [0.1, 0.15) is 0 Å². The number of pyridine rings is 1. The normalized spacial score (nSPS) is 15.7. The van der Waals surface area contributed by atoms with Gasteiger partial charge in [-0.3, -0.25) is 14.5 Å². The minimum atomic E-state index is -0.757. The number of fused-ring (bicyclic) bond motifs is 1. The smallest absolute Gasteiger partial charge is 0.294 e. The minimum absolute atomic E-state index is 0.103. The Kier molecular flexibility index (Phi) is 5.12. The van der Waals surface area contributed by atoms with E-state index >= 15 is 0 Å². The topological polar surface area (TPSA) is 53.3 Å². The second kappa shape index (κ2) is 7.75. The van der Waals surface area contributed by atoms with Crippen LogP contribution < -0.4 is 14.8 Å². The van der Waals surface area contributed by atoms with Gasteiger partial charge in [-0.1, -0.05) is 36.4 Å². The lowest BCUT2D eigenvalue weighted by molar-refractivity contribution is -0.695. The molecule has 0 saturated carbocycles. The molecule has 0 saturated heterocycles. The van der Waals surface area contributed by atoms with Gasteiger partial charge < -0.3 is 5.32 Å². The average molecular weight is 401 g/mol. The van der Waals surface area contributed by atoms with Gasteiger partial charge in [-0.15, -0.1) is 0 Å². The lowest BCUT2D eigenvalue weighted by atomic mass is 10.0. The fourth-order valence-electron chi connectivity index (χ4n) is 4.09. The Morgan fingerprint density at radius 1 is 0.967 bits per heavy atom. The summed E-state index contributed by atoms with van der Waals surface area (Å²) < 4.78 is 1.86. The van der Waals surface area contributed by atoms with E-state index in [-0.39, 0.29) is 18.4 Å². The quantitative estimate of drug-likeness (QED) is 0.677. The number of aromatic nitrogens is 1. The first-order valence-corrected chi connectivity index (χ1v) is 10.1. The van der Waals surface area contributed by atoms with Crippen LogP contribution in [0.5, 0.6) is 0 Å². The Morgan fingerprint density at radius 2 is 1.70 bits per heavy atom. The first kappa shape index (κ1) is 19.8. The van der Waals surface area contributed by atoms with Gasteiger partial charge in [0.15, 0.2) is 6.20 Å². The fourth-order valence-corrected chi connectivity index (χ4v) is 4.09. The SMILES string of the molecule is Cc1ccc(C)c(N2C(=O)C[n+]3ccccc3C2C(=O)Nc2c(C)cccc2C)c1. The Balaban J connectivity index is 1.84. The van der Waals surface area contributed by atoms with Crippen LogP contribution in [-0.2, 0) is 16.1 Å². The molecule has 1 aromatic heterocycles. The molecular weight excluding hydrogens is 374 g/mol. The van der Waals surface area contributed by atoms with Crippen molar-refractivity contribution in [2.45, 2.75) is 40.3 Å². The lowest BCUT2D eigenvalue weighted by Gasteiger charge is -2.33. The van der Waals surface area contributed by atoms with E-state index in [1.54, 1.807) is 4.90 Å². The molecule has 1 N–H and O–H groups in total. The van der Waals surface area contributed by atoms with Crippen LogP contribution in [0.25, 0.3) is 0 Å². The molecule has 0 spiro atoms. The number of hydrogen-bond acceptors (Lipinski definition) is 2. The van der Waals surface area contributed by atoms with E-state index in [1.165, 1.54) is 0 Å². The van der Waals surface area contributed by atoms with Crippen molar-refractivity contribution in [3.63, 3.8) is 0 Å². The van der Waals surface area contributed by atoms with Gasteiger partial charge in [-0.25, -0.2) is 0 Å². The van der Waals surface area contributed by atoms with E-state index in [0.717, 1.165) is 39.3 Å². The maximum absolute atomic E-state index is 13.6. The molecule has 2 heterocycles. The summed E-state index contributed by atoms with van der Waals surface area (Å²) in [7, 11) is 0. The molecule has 2 amide bonds. The highest BCUT2D eigenvalue weighted by molar-refractivity contribution is 6.06. The molecule has 2 aromatic carbocycles. The van der Waals surface area contributed by atoms with E-state index in [1.807, 2.05) is 93.1 Å². The number of benzene rings is 2. The van der Waals surface area contributed by atoms with Crippen molar-refractivity contribution in [1.82, 2.24) is 0 Å². The summed E-state index contributed by atoms with van der Waals surface area (Å²) in [6.45, 7) is 8.11. The number of carbonyl (C=O) groups excluding carboxylic acids is 2. The summed E-state index contributed by atoms with van der Waals surface area (Å²) in [5.41, 5.74) is 6.35. The zero-order chi connectivity index (χ0) is 21.4. The molecule has 5 heteroatoms. The van der Waals surface area contributed by atoms with Crippen molar-refractivity contribution < 1.29 is 14.2 Å². The van der Waals surface area contributed by atoms with Crippen LogP contribution in [-0.4, -0.2) is 11.8 Å². The molecule has 3 aromatic rings. The predicted octanol–water partition coefficient (Wildman–Crippen LogP) is 3.93. The first-order chi connectivity index (χ1) is 14.4. The Morgan fingerprint density at radius 3 is 2.43 bits per heavy atom. The second-order valence-electron chi connectivity index (χ2n) is 7.97. The molecular formula is C25H26N3O2+. The molecule has 1 aliphatic heterocycles. The number of nitrogens with zero attached hydrogens (tertiary/aromatic N) is 2. The minimum Gasteiger partial charge on any atom is -0.323 e. The van der Waals surface area contributed by atoms with Gasteiger partial charge in [0.25, 0.3) is 11.8 Å². The highest BCUT2D eigenvalue weighted by Gasteiger charge is 2.44. The van der Waals surface area contributed by atoms with Crippen molar-refractivity contribution in [3.05, 3.63) is 88.7 Å². The highest BCUT2D eigenvalue weighted by atomic mass is 16.2. The van der Waals surface area contributed by atoms with Gasteiger partial charge in [0, 0.05) is 23.5 Å². The summed E-state index contributed by atoms with van der Waals surface area (Å²) in [6, 6.07) is 16.8. The van der Waals surface area contributed by atoms with Crippen LogP contribution in [0.1, 0.15) is 34.0 Å². The third kappa shape index (κ3) is 3.47. The Labute approximate surface area is 177 Å². The molecule has 0 radical (unpaired) electrons. The van der Waals surface area contributed by atoms with Crippen molar-refractivity contribution in [2.24, 2.45) is 0 Å². The van der Waals surface area contributed by atoms with E-state index in [0.29, 0.717) is 0 Å². The Bertz CT molecular complexity index is 1130. The summed E-state index contributed by atoms with van der Waals surface area (Å²) in [4.78, 5) is 28.5. The van der Waals surface area contributed by atoms with Gasteiger partial charge in [-0.05, 0) is 56.0 Å². The van der Waals surface area contributed by atoms with Crippen molar-refractivity contribution in [1.29, 1.82) is 0 Å². The molecule has 152 valence electrons. The number of amides is 2. The summed E-state index contributed by atoms with van der Waals surface area (Å²) in [5, 5.41) is 3.10. The molecule has 1 unspecified atom stereocenters. The predicted molar refractivity (Wildman–Crippen MR) is 117 cm³/mol. The molecule has 0 fully saturated rings. The van der Waals surface area contributed by atoms with Crippen molar-refractivity contribution >= 4 is 23.2 Å². The van der Waals surface area contributed by atoms with Crippen molar-refractivity contribution in [3.8, 4) is 0 Å². The maximum Gasteiger partial charge on any atom is 0.294 e. The molecule has 0 aliphatic carbocycles. The van der Waals surface area contributed by atoms with Gasteiger partial charge in [-0.2, -0.15) is 4.57 Å². The average Bonchev–Trinajstić information content (AvgIpc) is 2.71. The number of aryl methyl sites for hydroxylation is 4. The highest BCUT2D eigenvalue weighted by Crippen LogP contribution is 2.33. The van der Waals surface area contributed by atoms with Gasteiger partial charge >= 0.3 is 0 Å². The number of para-hydroxylation sites is 1. The third-order valence-electron chi connectivity index (χ3n) is 5.69. The number of rotatable bonds is 3. The number of carbonyl (C=O) groups is 2. The van der Waals surface area contributed by atoms with Crippen LogP contribution in [0, 0.1) is 27.7 Å². The Hall–Kier alpha value is -3.47.